The summed E-state index contributed by atoms with van der Waals surface area (Å²) in [6, 6.07) is 8.41. The number of amides is 3. The SMILES string of the molecule is C=C(C)[C@H](NC(=O)CCc1ccc(-c2cccc([C@@H](C)O)c2)cn1)C(=O)N[C@@H](C)C(=O)N1CCC[C@@H](C(=O)OCC(Cl)(Cl)Cl)N1. The molecular formula is C31H38Cl3N5O6. The minimum absolute atomic E-state index is 0.0723. The second-order valence-electron chi connectivity index (χ2n) is 11.0. The average molecular weight is 683 g/mol. The molecule has 0 aliphatic carbocycles. The lowest BCUT2D eigenvalue weighted by Crippen LogP contribution is -2.60. The summed E-state index contributed by atoms with van der Waals surface area (Å²) >= 11 is 16.9. The van der Waals surface area contributed by atoms with E-state index in [0.29, 0.717) is 37.1 Å². The lowest BCUT2D eigenvalue weighted by atomic mass is 10.0. The number of benzene rings is 1. The van der Waals surface area contributed by atoms with Crippen LogP contribution >= 0.6 is 34.8 Å². The van der Waals surface area contributed by atoms with Crippen molar-refractivity contribution >= 4 is 58.5 Å². The Kier molecular flexibility index (Phi) is 13.2. The molecule has 2 heterocycles. The van der Waals surface area contributed by atoms with Gasteiger partial charge in [0.15, 0.2) is 0 Å². The topological polar surface area (TPSA) is 150 Å². The minimum atomic E-state index is -1.76. The Balaban J connectivity index is 1.51. The zero-order chi connectivity index (χ0) is 33.3. The number of nitrogens with one attached hydrogen (secondary N) is 3. The van der Waals surface area contributed by atoms with Gasteiger partial charge in [0.2, 0.25) is 15.6 Å². The molecule has 4 atom stereocenters. The number of aryl methyl sites for hydroxylation is 1. The molecule has 4 N–H and O–H groups in total. The van der Waals surface area contributed by atoms with E-state index in [-0.39, 0.29) is 12.3 Å². The minimum Gasteiger partial charge on any atom is -0.460 e. The summed E-state index contributed by atoms with van der Waals surface area (Å²) in [6.45, 7) is 8.49. The molecule has 2 aromatic rings. The largest absolute Gasteiger partial charge is 0.460 e. The van der Waals surface area contributed by atoms with Gasteiger partial charge in [-0.15, -0.1) is 0 Å². The summed E-state index contributed by atoms with van der Waals surface area (Å²) < 4.78 is 3.25. The number of aliphatic hydroxyl groups is 1. The zero-order valence-electron chi connectivity index (χ0n) is 25.3. The fourth-order valence-electron chi connectivity index (χ4n) is 4.57. The highest BCUT2D eigenvalue weighted by molar-refractivity contribution is 6.67. The number of alkyl halides is 3. The number of esters is 1. The lowest BCUT2D eigenvalue weighted by molar-refractivity contribution is -0.152. The van der Waals surface area contributed by atoms with Gasteiger partial charge in [0.05, 0.1) is 6.10 Å². The van der Waals surface area contributed by atoms with Gasteiger partial charge in [-0.2, -0.15) is 0 Å². The molecule has 11 nitrogen and oxygen atoms in total. The third kappa shape index (κ3) is 11.3. The Morgan fingerprint density at radius 3 is 2.51 bits per heavy atom. The number of aromatic nitrogens is 1. The van der Waals surface area contributed by atoms with E-state index in [4.69, 9.17) is 39.5 Å². The number of aliphatic hydroxyl groups excluding tert-OH is 1. The van der Waals surface area contributed by atoms with E-state index in [2.05, 4.69) is 27.6 Å². The van der Waals surface area contributed by atoms with Gasteiger partial charge >= 0.3 is 5.97 Å². The maximum absolute atomic E-state index is 13.1. The Hall–Kier alpha value is -3.22. The standard InChI is InChI=1S/C31H38Cl3N5O6/c1-18(2)27(28(42)36-19(3)29(43)39-14-6-9-25(38-39)30(44)45-17-31(32,33)34)37-26(41)13-12-24-11-10-23(16-35-24)22-8-5-7-21(15-22)20(4)40/h5,7-8,10-11,15-16,19-20,25,27,38,40H,1,6,9,12-14,17H2,2-4H3,(H,36,42)(H,37,41)/t19-,20+,25-,27-/m0/s1. The number of carbonyl (C=O) groups is 4. The summed E-state index contributed by atoms with van der Waals surface area (Å²) in [5, 5.41) is 16.4. The van der Waals surface area contributed by atoms with E-state index in [0.717, 1.165) is 16.7 Å². The van der Waals surface area contributed by atoms with Gasteiger partial charge < -0.3 is 20.5 Å². The molecule has 14 heteroatoms. The van der Waals surface area contributed by atoms with Gasteiger partial charge in [-0.25, -0.2) is 5.43 Å². The molecule has 1 saturated heterocycles. The van der Waals surface area contributed by atoms with E-state index in [1.54, 1.807) is 20.0 Å². The summed E-state index contributed by atoms with van der Waals surface area (Å²) in [7, 11) is 0. The summed E-state index contributed by atoms with van der Waals surface area (Å²) in [5.41, 5.74) is 6.48. The Morgan fingerprint density at radius 1 is 1.16 bits per heavy atom. The molecule has 0 bridgehead atoms. The molecule has 0 spiro atoms. The van der Waals surface area contributed by atoms with Crippen molar-refractivity contribution in [3.8, 4) is 11.1 Å². The van der Waals surface area contributed by atoms with Gasteiger partial charge in [-0.1, -0.05) is 65.6 Å². The molecule has 3 rings (SSSR count). The molecule has 1 aliphatic rings. The predicted octanol–water partition coefficient (Wildman–Crippen LogP) is 3.71. The second kappa shape index (κ2) is 16.4. The number of halogens is 3. The first-order valence-electron chi connectivity index (χ1n) is 14.4. The quantitative estimate of drug-likeness (QED) is 0.150. The van der Waals surface area contributed by atoms with Gasteiger partial charge in [0.25, 0.3) is 5.91 Å². The fourth-order valence-corrected chi connectivity index (χ4v) is 4.73. The molecule has 45 heavy (non-hydrogen) atoms. The summed E-state index contributed by atoms with van der Waals surface area (Å²) in [4.78, 5) is 55.7. The van der Waals surface area contributed by atoms with Crippen LogP contribution in [0, 0.1) is 0 Å². The smallest absolute Gasteiger partial charge is 0.325 e. The highest BCUT2D eigenvalue weighted by Crippen LogP contribution is 2.26. The van der Waals surface area contributed by atoms with E-state index < -0.39 is 52.4 Å². The molecule has 1 aliphatic heterocycles. The Morgan fingerprint density at radius 2 is 1.89 bits per heavy atom. The monoisotopic (exact) mass is 681 g/mol. The van der Waals surface area contributed by atoms with Crippen molar-refractivity contribution in [1.29, 1.82) is 0 Å². The number of carbonyl (C=O) groups excluding carboxylic acids is 4. The number of rotatable bonds is 12. The number of pyridine rings is 1. The molecule has 0 radical (unpaired) electrons. The lowest BCUT2D eigenvalue weighted by Gasteiger charge is -2.34. The molecular weight excluding hydrogens is 645 g/mol. The summed E-state index contributed by atoms with van der Waals surface area (Å²) in [5.74, 6) is -2.15. The van der Waals surface area contributed by atoms with Crippen molar-refractivity contribution < 1.29 is 29.0 Å². The molecule has 3 amide bonds. The van der Waals surface area contributed by atoms with Crippen LogP contribution in [0.15, 0.2) is 54.7 Å². The van der Waals surface area contributed by atoms with Crippen molar-refractivity contribution in [2.75, 3.05) is 13.2 Å². The first-order chi connectivity index (χ1) is 21.1. The van der Waals surface area contributed by atoms with E-state index in [1.165, 1.54) is 11.9 Å². The predicted molar refractivity (Wildman–Crippen MR) is 172 cm³/mol. The number of hydrazine groups is 1. The third-order valence-corrected chi connectivity index (χ3v) is 7.37. The van der Waals surface area contributed by atoms with Crippen LogP contribution in [-0.2, 0) is 30.3 Å². The third-order valence-electron chi connectivity index (χ3n) is 7.04. The van der Waals surface area contributed by atoms with Crippen LogP contribution < -0.4 is 16.1 Å². The Labute approximate surface area is 277 Å². The molecule has 0 saturated carbocycles. The maximum atomic E-state index is 13.1. The van der Waals surface area contributed by atoms with E-state index in [9.17, 15) is 24.3 Å². The number of hydrogen-bond acceptors (Lipinski definition) is 8. The maximum Gasteiger partial charge on any atom is 0.325 e. The van der Waals surface area contributed by atoms with Crippen LogP contribution in [-0.4, -0.2) is 73.9 Å². The van der Waals surface area contributed by atoms with Crippen LogP contribution in [0.1, 0.15) is 57.4 Å². The van der Waals surface area contributed by atoms with Crippen molar-refractivity contribution in [3.05, 3.63) is 66.0 Å². The van der Waals surface area contributed by atoms with Gasteiger partial charge in [0, 0.05) is 30.4 Å². The van der Waals surface area contributed by atoms with Crippen molar-refractivity contribution in [2.45, 2.75) is 74.5 Å². The molecule has 1 aromatic heterocycles. The number of hydrogen-bond donors (Lipinski definition) is 4. The second-order valence-corrected chi connectivity index (χ2v) is 13.5. The van der Waals surface area contributed by atoms with Gasteiger partial charge in [-0.05, 0) is 68.9 Å². The average Bonchev–Trinajstić information content (AvgIpc) is 3.00. The Bertz CT molecular complexity index is 1380. The highest BCUT2D eigenvalue weighted by atomic mass is 35.6. The summed E-state index contributed by atoms with van der Waals surface area (Å²) in [6.07, 6.45) is 2.45. The van der Waals surface area contributed by atoms with E-state index >= 15 is 0 Å². The van der Waals surface area contributed by atoms with Gasteiger partial charge in [-0.3, -0.25) is 29.2 Å². The van der Waals surface area contributed by atoms with Crippen molar-refractivity contribution in [3.63, 3.8) is 0 Å². The van der Waals surface area contributed by atoms with E-state index in [1.807, 2.05) is 36.4 Å². The molecule has 0 unspecified atom stereocenters. The number of ether oxygens (including phenoxy) is 1. The first-order valence-corrected chi connectivity index (χ1v) is 15.6. The highest BCUT2D eigenvalue weighted by Gasteiger charge is 2.34. The first kappa shape index (κ1) is 36.3. The van der Waals surface area contributed by atoms with Crippen molar-refractivity contribution in [1.82, 2.24) is 26.1 Å². The van der Waals surface area contributed by atoms with Crippen LogP contribution in [0.3, 0.4) is 0 Å². The molecule has 1 fully saturated rings. The van der Waals surface area contributed by atoms with Crippen LogP contribution in [0.2, 0.25) is 0 Å². The van der Waals surface area contributed by atoms with Crippen LogP contribution in [0.25, 0.3) is 11.1 Å². The van der Waals surface area contributed by atoms with Crippen molar-refractivity contribution in [2.24, 2.45) is 0 Å². The normalized spacial score (nSPS) is 17.0. The fraction of sp³-hybridized carbons (Fsp3) is 0.452. The molecule has 244 valence electrons. The number of nitrogens with zero attached hydrogens (tertiary/aromatic N) is 2. The van der Waals surface area contributed by atoms with Crippen LogP contribution in [0.5, 0.6) is 0 Å². The zero-order valence-corrected chi connectivity index (χ0v) is 27.6. The van der Waals surface area contributed by atoms with Crippen LogP contribution in [0.4, 0.5) is 0 Å². The van der Waals surface area contributed by atoms with Gasteiger partial charge in [0.1, 0.15) is 24.7 Å². The molecule has 1 aromatic carbocycles.